The highest BCUT2D eigenvalue weighted by atomic mass is 35.5. The van der Waals surface area contributed by atoms with E-state index in [-0.39, 0.29) is 6.04 Å². The summed E-state index contributed by atoms with van der Waals surface area (Å²) in [6, 6.07) is 14.0. The molecule has 0 bridgehead atoms. The van der Waals surface area contributed by atoms with Gasteiger partial charge in [0.1, 0.15) is 0 Å². The number of benzene rings is 2. The van der Waals surface area contributed by atoms with Gasteiger partial charge in [-0.3, -0.25) is 0 Å². The summed E-state index contributed by atoms with van der Waals surface area (Å²) in [5.41, 5.74) is 2.21. The third-order valence-corrected chi connectivity index (χ3v) is 3.46. The van der Waals surface area contributed by atoms with Crippen molar-refractivity contribution in [2.75, 3.05) is 19.5 Å². The van der Waals surface area contributed by atoms with Crippen molar-refractivity contribution in [1.29, 1.82) is 0 Å². The Morgan fingerprint density at radius 1 is 1.05 bits per heavy atom. The Hall–Kier alpha value is -1.87. The van der Waals surface area contributed by atoms with Crippen LogP contribution < -0.4 is 14.8 Å². The van der Waals surface area contributed by atoms with E-state index in [9.17, 15) is 0 Å². The van der Waals surface area contributed by atoms with E-state index in [1.54, 1.807) is 14.2 Å². The number of methoxy groups -OCH3 is 2. The van der Waals surface area contributed by atoms with E-state index >= 15 is 0 Å². The van der Waals surface area contributed by atoms with E-state index in [1.165, 1.54) is 5.56 Å². The summed E-state index contributed by atoms with van der Waals surface area (Å²) in [5, 5.41) is 4.18. The van der Waals surface area contributed by atoms with Crippen LogP contribution in [0, 0.1) is 0 Å². The SMILES string of the molecule is COc1ccc(CC(C)Nc2cccc(Cl)c2)cc1OC. The lowest BCUT2D eigenvalue weighted by Gasteiger charge is -2.16. The lowest BCUT2D eigenvalue weighted by molar-refractivity contribution is 0.354. The van der Waals surface area contributed by atoms with Crippen LogP contribution in [0.3, 0.4) is 0 Å². The number of anilines is 1. The fourth-order valence-electron chi connectivity index (χ4n) is 2.27. The van der Waals surface area contributed by atoms with Crippen LogP contribution in [0.5, 0.6) is 11.5 Å². The van der Waals surface area contributed by atoms with Crippen LogP contribution in [-0.2, 0) is 6.42 Å². The molecule has 21 heavy (non-hydrogen) atoms. The van der Waals surface area contributed by atoms with Crippen molar-refractivity contribution >= 4 is 17.3 Å². The molecule has 2 aromatic rings. The first-order valence-electron chi connectivity index (χ1n) is 6.85. The molecule has 0 fully saturated rings. The van der Waals surface area contributed by atoms with Crippen LogP contribution in [-0.4, -0.2) is 20.3 Å². The summed E-state index contributed by atoms with van der Waals surface area (Å²) in [6.45, 7) is 2.14. The largest absolute Gasteiger partial charge is 0.493 e. The third kappa shape index (κ3) is 4.30. The Bertz CT molecular complexity index is 601. The number of ether oxygens (including phenoxy) is 2. The van der Waals surface area contributed by atoms with E-state index < -0.39 is 0 Å². The van der Waals surface area contributed by atoms with Gasteiger partial charge in [-0.2, -0.15) is 0 Å². The first-order chi connectivity index (χ1) is 10.1. The van der Waals surface area contributed by atoms with Crippen LogP contribution in [0.1, 0.15) is 12.5 Å². The van der Waals surface area contributed by atoms with E-state index in [1.807, 2.05) is 36.4 Å². The number of nitrogens with one attached hydrogen (secondary N) is 1. The maximum atomic E-state index is 5.99. The van der Waals surface area contributed by atoms with Gasteiger partial charge in [-0.1, -0.05) is 23.7 Å². The van der Waals surface area contributed by atoms with E-state index in [4.69, 9.17) is 21.1 Å². The predicted molar refractivity (Wildman–Crippen MR) is 87.8 cm³/mol. The highest BCUT2D eigenvalue weighted by Crippen LogP contribution is 2.28. The van der Waals surface area contributed by atoms with Crippen LogP contribution >= 0.6 is 11.6 Å². The number of rotatable bonds is 6. The fourth-order valence-corrected chi connectivity index (χ4v) is 2.47. The minimum atomic E-state index is 0.279. The molecule has 0 aliphatic heterocycles. The van der Waals surface area contributed by atoms with Crippen molar-refractivity contribution in [2.24, 2.45) is 0 Å². The topological polar surface area (TPSA) is 30.5 Å². The van der Waals surface area contributed by atoms with Gasteiger partial charge in [0.25, 0.3) is 0 Å². The molecule has 0 saturated heterocycles. The zero-order valence-corrected chi connectivity index (χ0v) is 13.3. The first kappa shape index (κ1) is 15.5. The summed E-state index contributed by atoms with van der Waals surface area (Å²) in [5.74, 6) is 1.50. The second kappa shape index (κ2) is 7.23. The van der Waals surface area contributed by atoms with Gasteiger partial charge in [0.2, 0.25) is 0 Å². The van der Waals surface area contributed by atoms with Gasteiger partial charge in [0, 0.05) is 16.8 Å². The fraction of sp³-hybridized carbons (Fsp3) is 0.294. The zero-order valence-electron chi connectivity index (χ0n) is 12.5. The monoisotopic (exact) mass is 305 g/mol. The minimum absolute atomic E-state index is 0.279. The average Bonchev–Trinajstić information content (AvgIpc) is 2.47. The second-order valence-corrected chi connectivity index (χ2v) is 5.39. The summed E-state index contributed by atoms with van der Waals surface area (Å²) >= 11 is 5.99. The van der Waals surface area contributed by atoms with E-state index in [0.29, 0.717) is 0 Å². The lowest BCUT2D eigenvalue weighted by atomic mass is 10.1. The molecule has 2 rings (SSSR count). The Morgan fingerprint density at radius 3 is 2.48 bits per heavy atom. The molecule has 0 saturated carbocycles. The number of hydrogen-bond donors (Lipinski definition) is 1. The molecule has 0 heterocycles. The molecule has 4 heteroatoms. The Kier molecular flexibility index (Phi) is 5.34. The predicted octanol–water partition coefficient (Wildman–Crippen LogP) is 4.40. The van der Waals surface area contributed by atoms with E-state index in [0.717, 1.165) is 28.6 Å². The maximum Gasteiger partial charge on any atom is 0.160 e. The van der Waals surface area contributed by atoms with Gasteiger partial charge in [-0.05, 0) is 49.2 Å². The van der Waals surface area contributed by atoms with Crippen LogP contribution in [0.4, 0.5) is 5.69 Å². The lowest BCUT2D eigenvalue weighted by Crippen LogP contribution is -2.18. The molecular weight excluding hydrogens is 286 g/mol. The summed E-state index contributed by atoms with van der Waals surface area (Å²) < 4.78 is 10.6. The van der Waals surface area contributed by atoms with Gasteiger partial charge >= 0.3 is 0 Å². The highest BCUT2D eigenvalue weighted by molar-refractivity contribution is 6.30. The minimum Gasteiger partial charge on any atom is -0.493 e. The standard InChI is InChI=1S/C17H20ClNO2/c1-12(19-15-6-4-5-14(18)11-15)9-13-7-8-16(20-2)17(10-13)21-3/h4-8,10-12,19H,9H2,1-3H3. The maximum absolute atomic E-state index is 5.99. The Balaban J connectivity index is 2.04. The molecule has 0 aliphatic carbocycles. The first-order valence-corrected chi connectivity index (χ1v) is 7.23. The van der Waals surface area contributed by atoms with Crippen molar-refractivity contribution in [2.45, 2.75) is 19.4 Å². The normalized spacial score (nSPS) is 11.8. The quantitative estimate of drug-likeness (QED) is 0.858. The molecule has 112 valence electrons. The molecule has 0 aliphatic rings. The second-order valence-electron chi connectivity index (χ2n) is 4.95. The Labute approximate surface area is 130 Å². The van der Waals surface area contributed by atoms with Crippen molar-refractivity contribution in [3.63, 3.8) is 0 Å². The van der Waals surface area contributed by atoms with Gasteiger partial charge in [-0.25, -0.2) is 0 Å². The molecule has 1 N–H and O–H groups in total. The molecular formula is C17H20ClNO2. The van der Waals surface area contributed by atoms with Gasteiger partial charge in [0.05, 0.1) is 14.2 Å². The Morgan fingerprint density at radius 2 is 1.81 bits per heavy atom. The summed E-state index contributed by atoms with van der Waals surface area (Å²) in [4.78, 5) is 0. The molecule has 1 unspecified atom stereocenters. The molecule has 1 atom stereocenters. The van der Waals surface area contributed by atoms with Crippen LogP contribution in [0.2, 0.25) is 5.02 Å². The number of hydrogen-bond acceptors (Lipinski definition) is 3. The summed E-state index contributed by atoms with van der Waals surface area (Å²) in [6.07, 6.45) is 0.882. The molecule has 0 spiro atoms. The van der Waals surface area contributed by atoms with Crippen molar-refractivity contribution in [3.8, 4) is 11.5 Å². The summed E-state index contributed by atoms with van der Waals surface area (Å²) in [7, 11) is 3.29. The highest BCUT2D eigenvalue weighted by Gasteiger charge is 2.08. The van der Waals surface area contributed by atoms with Crippen LogP contribution in [0.25, 0.3) is 0 Å². The van der Waals surface area contributed by atoms with E-state index in [2.05, 4.69) is 18.3 Å². The molecule has 3 nitrogen and oxygen atoms in total. The molecule has 2 aromatic carbocycles. The van der Waals surface area contributed by atoms with Crippen molar-refractivity contribution in [3.05, 3.63) is 53.1 Å². The molecule has 0 amide bonds. The zero-order chi connectivity index (χ0) is 15.2. The average molecular weight is 306 g/mol. The van der Waals surface area contributed by atoms with Gasteiger partial charge in [0.15, 0.2) is 11.5 Å². The molecule has 0 aromatic heterocycles. The van der Waals surface area contributed by atoms with Crippen molar-refractivity contribution in [1.82, 2.24) is 0 Å². The third-order valence-electron chi connectivity index (χ3n) is 3.23. The van der Waals surface area contributed by atoms with Gasteiger partial charge in [-0.15, -0.1) is 0 Å². The van der Waals surface area contributed by atoms with Crippen molar-refractivity contribution < 1.29 is 9.47 Å². The number of halogens is 1. The van der Waals surface area contributed by atoms with Gasteiger partial charge < -0.3 is 14.8 Å². The smallest absolute Gasteiger partial charge is 0.160 e. The van der Waals surface area contributed by atoms with Crippen LogP contribution in [0.15, 0.2) is 42.5 Å². The molecule has 0 radical (unpaired) electrons.